The molecule has 2 rings (SSSR count). The zero-order valence-electron chi connectivity index (χ0n) is 10.2. The van der Waals surface area contributed by atoms with Gasteiger partial charge in [0, 0.05) is 11.6 Å². The highest BCUT2D eigenvalue weighted by Gasteiger charge is 2.13. The van der Waals surface area contributed by atoms with Gasteiger partial charge in [-0.25, -0.2) is 9.97 Å². The lowest BCUT2D eigenvalue weighted by atomic mass is 10.2. The molecule has 1 amide bonds. The fraction of sp³-hybridized carbons (Fsp3) is 0.154. The molecule has 2 N–H and O–H groups in total. The maximum Gasteiger partial charge on any atom is 0.277 e. The average Bonchev–Trinajstić information content (AvgIpc) is 2.82. The number of pyridine rings is 1. The van der Waals surface area contributed by atoms with Crippen LogP contribution in [0.4, 0.5) is 5.13 Å². The van der Waals surface area contributed by atoms with Crippen LogP contribution in [0.5, 0.6) is 0 Å². The Hall–Kier alpha value is -2.23. The summed E-state index contributed by atoms with van der Waals surface area (Å²) in [4.78, 5) is 20.2. The standard InChI is InChI=1S/C13H11N3O2S/c1-9-8-19-13(15-9)16-12(18)11-10(5-3-7-17)4-2-6-14-11/h2,4,6,8,17H,7H2,1H3,(H,15,16,18). The summed E-state index contributed by atoms with van der Waals surface area (Å²) in [5.74, 6) is 4.83. The molecular weight excluding hydrogens is 262 g/mol. The van der Waals surface area contributed by atoms with Gasteiger partial charge in [-0.1, -0.05) is 11.8 Å². The predicted octanol–water partition coefficient (Wildman–Crippen LogP) is 1.44. The van der Waals surface area contributed by atoms with E-state index in [9.17, 15) is 4.79 Å². The summed E-state index contributed by atoms with van der Waals surface area (Å²) in [6.45, 7) is 1.59. The van der Waals surface area contributed by atoms with Crippen LogP contribution in [0.1, 0.15) is 21.7 Å². The van der Waals surface area contributed by atoms with E-state index in [-0.39, 0.29) is 18.2 Å². The normalized spacial score (nSPS) is 9.58. The van der Waals surface area contributed by atoms with Gasteiger partial charge in [-0.2, -0.15) is 0 Å². The van der Waals surface area contributed by atoms with Crippen molar-refractivity contribution in [3.63, 3.8) is 0 Å². The molecule has 5 nitrogen and oxygen atoms in total. The smallest absolute Gasteiger partial charge is 0.277 e. The van der Waals surface area contributed by atoms with Gasteiger partial charge in [0.25, 0.3) is 5.91 Å². The van der Waals surface area contributed by atoms with Crippen molar-refractivity contribution in [2.24, 2.45) is 0 Å². The van der Waals surface area contributed by atoms with Gasteiger partial charge in [0.15, 0.2) is 5.13 Å². The molecule has 6 heteroatoms. The number of rotatable bonds is 2. The summed E-state index contributed by atoms with van der Waals surface area (Å²) in [6.07, 6.45) is 1.52. The highest BCUT2D eigenvalue weighted by atomic mass is 32.1. The van der Waals surface area contributed by atoms with E-state index < -0.39 is 0 Å². The minimum Gasteiger partial charge on any atom is -0.384 e. The second-order valence-electron chi connectivity index (χ2n) is 3.61. The number of aryl methyl sites for hydroxylation is 1. The summed E-state index contributed by atoms with van der Waals surface area (Å²) in [5.41, 5.74) is 1.54. The van der Waals surface area contributed by atoms with E-state index in [0.29, 0.717) is 10.7 Å². The second-order valence-corrected chi connectivity index (χ2v) is 4.47. The number of aromatic nitrogens is 2. The van der Waals surface area contributed by atoms with Crippen LogP contribution in [0.15, 0.2) is 23.7 Å². The van der Waals surface area contributed by atoms with Crippen molar-refractivity contribution in [3.8, 4) is 11.8 Å². The van der Waals surface area contributed by atoms with E-state index in [4.69, 9.17) is 5.11 Å². The topological polar surface area (TPSA) is 75.1 Å². The number of nitrogens with zero attached hydrogens (tertiary/aromatic N) is 2. The van der Waals surface area contributed by atoms with Crippen LogP contribution in [-0.2, 0) is 0 Å². The second kappa shape index (κ2) is 6.09. The fourth-order valence-corrected chi connectivity index (χ4v) is 2.07. The van der Waals surface area contributed by atoms with Crippen molar-refractivity contribution in [2.75, 3.05) is 11.9 Å². The van der Waals surface area contributed by atoms with Crippen LogP contribution in [-0.4, -0.2) is 27.6 Å². The Bertz CT molecular complexity index is 655. The molecule has 0 spiro atoms. The summed E-state index contributed by atoms with van der Waals surface area (Å²) in [5, 5.41) is 13.7. The van der Waals surface area contributed by atoms with Crippen molar-refractivity contribution in [3.05, 3.63) is 40.7 Å². The molecule has 0 aromatic carbocycles. The van der Waals surface area contributed by atoms with Crippen LogP contribution in [0.25, 0.3) is 0 Å². The van der Waals surface area contributed by atoms with Crippen molar-refractivity contribution in [1.29, 1.82) is 0 Å². The molecule has 0 atom stereocenters. The Morgan fingerprint density at radius 1 is 1.58 bits per heavy atom. The molecular formula is C13H11N3O2S. The van der Waals surface area contributed by atoms with Crippen molar-refractivity contribution in [1.82, 2.24) is 9.97 Å². The van der Waals surface area contributed by atoms with Crippen LogP contribution >= 0.6 is 11.3 Å². The Kier molecular flexibility index (Phi) is 4.23. The number of hydrogen-bond donors (Lipinski definition) is 2. The molecule has 0 bridgehead atoms. The van der Waals surface area contributed by atoms with E-state index in [1.54, 1.807) is 12.1 Å². The first-order valence-electron chi connectivity index (χ1n) is 5.49. The molecule has 0 saturated carbocycles. The number of carbonyl (C=O) groups is 1. The maximum atomic E-state index is 12.1. The molecule has 96 valence electrons. The molecule has 0 unspecified atom stereocenters. The summed E-state index contributed by atoms with van der Waals surface area (Å²) < 4.78 is 0. The van der Waals surface area contributed by atoms with Crippen molar-refractivity contribution in [2.45, 2.75) is 6.92 Å². The van der Waals surface area contributed by atoms with Crippen molar-refractivity contribution >= 4 is 22.4 Å². The minimum atomic E-state index is -0.364. The molecule has 0 aliphatic rings. The Morgan fingerprint density at radius 2 is 2.42 bits per heavy atom. The Labute approximate surface area is 114 Å². The molecule has 0 aliphatic carbocycles. The number of nitrogens with one attached hydrogen (secondary N) is 1. The predicted molar refractivity (Wildman–Crippen MR) is 73.0 cm³/mol. The SMILES string of the molecule is Cc1csc(NC(=O)c2ncccc2C#CCO)n1. The lowest BCUT2D eigenvalue weighted by Crippen LogP contribution is -2.15. The highest BCUT2D eigenvalue weighted by Crippen LogP contribution is 2.16. The third-order valence-corrected chi connectivity index (χ3v) is 3.04. The molecule has 0 aliphatic heterocycles. The number of aliphatic hydroxyl groups is 1. The molecule has 0 fully saturated rings. The van der Waals surface area contributed by atoms with Gasteiger partial charge in [0.1, 0.15) is 12.3 Å². The van der Waals surface area contributed by atoms with Gasteiger partial charge in [0.05, 0.1) is 11.3 Å². The summed E-state index contributed by atoms with van der Waals surface area (Å²) in [6, 6.07) is 3.36. The largest absolute Gasteiger partial charge is 0.384 e. The first-order chi connectivity index (χ1) is 9.20. The zero-order chi connectivity index (χ0) is 13.7. The minimum absolute atomic E-state index is 0.219. The molecule has 0 radical (unpaired) electrons. The number of amides is 1. The van der Waals surface area contributed by atoms with Crippen molar-refractivity contribution < 1.29 is 9.90 Å². The molecule has 2 heterocycles. The van der Waals surface area contributed by atoms with Crippen LogP contribution < -0.4 is 5.32 Å². The maximum absolute atomic E-state index is 12.1. The van der Waals surface area contributed by atoms with E-state index in [1.807, 2.05) is 12.3 Å². The van der Waals surface area contributed by atoms with E-state index in [1.165, 1.54) is 17.5 Å². The first kappa shape index (κ1) is 13.2. The van der Waals surface area contributed by atoms with Crippen LogP contribution in [0, 0.1) is 18.8 Å². The number of aliphatic hydroxyl groups excluding tert-OH is 1. The fourth-order valence-electron chi connectivity index (χ4n) is 1.39. The highest BCUT2D eigenvalue weighted by molar-refractivity contribution is 7.13. The monoisotopic (exact) mass is 273 g/mol. The van der Waals surface area contributed by atoms with E-state index in [0.717, 1.165) is 5.69 Å². The number of hydrogen-bond acceptors (Lipinski definition) is 5. The Morgan fingerprint density at radius 3 is 3.11 bits per heavy atom. The van der Waals surface area contributed by atoms with Gasteiger partial charge in [0.2, 0.25) is 0 Å². The van der Waals surface area contributed by atoms with Gasteiger partial charge in [-0.05, 0) is 19.1 Å². The molecule has 2 aromatic rings. The summed E-state index contributed by atoms with van der Waals surface area (Å²) >= 11 is 1.35. The molecule has 19 heavy (non-hydrogen) atoms. The molecule has 2 aromatic heterocycles. The Balaban J connectivity index is 2.23. The lowest BCUT2D eigenvalue weighted by Gasteiger charge is -2.02. The van der Waals surface area contributed by atoms with Crippen LogP contribution in [0.2, 0.25) is 0 Å². The summed E-state index contributed by atoms with van der Waals surface area (Å²) in [7, 11) is 0. The lowest BCUT2D eigenvalue weighted by molar-refractivity contribution is 0.102. The van der Waals surface area contributed by atoms with E-state index >= 15 is 0 Å². The van der Waals surface area contributed by atoms with Gasteiger partial charge < -0.3 is 5.11 Å². The average molecular weight is 273 g/mol. The first-order valence-corrected chi connectivity index (χ1v) is 6.37. The van der Waals surface area contributed by atoms with Crippen LogP contribution in [0.3, 0.4) is 0 Å². The number of anilines is 1. The van der Waals surface area contributed by atoms with Gasteiger partial charge >= 0.3 is 0 Å². The third kappa shape index (κ3) is 3.37. The molecule has 0 saturated heterocycles. The van der Waals surface area contributed by atoms with Gasteiger partial charge in [-0.3, -0.25) is 10.1 Å². The quantitative estimate of drug-likeness (QED) is 0.812. The van der Waals surface area contributed by atoms with Gasteiger partial charge in [-0.15, -0.1) is 11.3 Å². The zero-order valence-corrected chi connectivity index (χ0v) is 11.0. The number of thiazole rings is 1. The third-order valence-electron chi connectivity index (χ3n) is 2.16. The van der Waals surface area contributed by atoms with E-state index in [2.05, 4.69) is 27.1 Å². The number of carbonyl (C=O) groups excluding carboxylic acids is 1.